The summed E-state index contributed by atoms with van der Waals surface area (Å²) in [5.41, 5.74) is 4.25. The number of fused-ring (bicyclic) bond motifs is 1. The molecule has 1 aliphatic rings. The molecule has 1 amide bonds. The Morgan fingerprint density at radius 2 is 2.00 bits per heavy atom. The smallest absolute Gasteiger partial charge is 0.264 e. The second-order valence-electron chi connectivity index (χ2n) is 7.60. The average Bonchev–Trinajstić information content (AvgIpc) is 3.38. The van der Waals surface area contributed by atoms with Crippen LogP contribution in [0.2, 0.25) is 0 Å². The maximum Gasteiger partial charge on any atom is 0.264 e. The van der Waals surface area contributed by atoms with Crippen LogP contribution in [0.4, 0.5) is 11.6 Å². The second-order valence-corrected chi connectivity index (χ2v) is 10.2. The van der Waals surface area contributed by atoms with E-state index in [1.54, 1.807) is 13.8 Å². The zero-order valence-electron chi connectivity index (χ0n) is 18.0. The van der Waals surface area contributed by atoms with Gasteiger partial charge in [0.1, 0.15) is 11.1 Å². The molecule has 33 heavy (non-hydrogen) atoms. The third-order valence-corrected chi connectivity index (χ3v) is 7.65. The number of carbonyl (C=O) groups excluding carboxylic acids is 1. The summed E-state index contributed by atoms with van der Waals surface area (Å²) in [4.78, 5) is 17.0. The Morgan fingerprint density at radius 3 is 2.67 bits per heavy atom. The highest BCUT2D eigenvalue weighted by atomic mass is 32.2. The number of amides is 1. The van der Waals surface area contributed by atoms with Gasteiger partial charge in [-0.2, -0.15) is 5.26 Å². The number of hydrogen-bond donors (Lipinski definition) is 2. The third-order valence-electron chi connectivity index (χ3n) is 5.31. The highest BCUT2D eigenvalue weighted by Gasteiger charge is 2.20. The number of sulfonamides is 1. The van der Waals surface area contributed by atoms with Gasteiger partial charge >= 0.3 is 0 Å². The fourth-order valence-corrected chi connectivity index (χ4v) is 5.20. The summed E-state index contributed by atoms with van der Waals surface area (Å²) in [7, 11) is -3.87. The molecule has 2 heterocycles. The van der Waals surface area contributed by atoms with Gasteiger partial charge in [-0.25, -0.2) is 18.1 Å². The first-order chi connectivity index (χ1) is 15.8. The lowest BCUT2D eigenvalue weighted by molar-refractivity contribution is -0.113. The molecule has 0 spiro atoms. The first kappa shape index (κ1) is 22.8. The second kappa shape index (κ2) is 9.25. The zero-order chi connectivity index (χ0) is 23.6. The number of anilines is 2. The first-order valence-electron chi connectivity index (χ1n) is 10.2. The quantitative estimate of drug-likeness (QED) is 0.486. The van der Waals surface area contributed by atoms with E-state index in [2.05, 4.69) is 26.2 Å². The van der Waals surface area contributed by atoms with Gasteiger partial charge in [0, 0.05) is 16.9 Å². The number of aromatic nitrogens is 2. The standard InChI is InChI=1S/C22H21N5O4S2/c1-13-14(2)26-31-21(13)27-33(29,30)18-8-6-17(7-9-18)24-20(28)12-32-22-16(11-23)10-15-4-3-5-19(15)25-22/h6-10,27H,3-5,12H2,1-2H3,(H,24,28). The molecule has 1 aliphatic carbocycles. The fraction of sp³-hybridized carbons (Fsp3) is 0.273. The molecular formula is C22H21N5O4S2. The van der Waals surface area contributed by atoms with Crippen molar-refractivity contribution in [3.05, 3.63) is 58.4 Å². The Morgan fingerprint density at radius 1 is 1.24 bits per heavy atom. The van der Waals surface area contributed by atoms with Gasteiger partial charge in [-0.15, -0.1) is 0 Å². The van der Waals surface area contributed by atoms with E-state index in [1.807, 2.05) is 6.07 Å². The molecule has 0 atom stereocenters. The van der Waals surface area contributed by atoms with Crippen molar-refractivity contribution in [3.63, 3.8) is 0 Å². The van der Waals surface area contributed by atoms with Gasteiger partial charge in [0.05, 0.1) is 21.9 Å². The van der Waals surface area contributed by atoms with Crippen molar-refractivity contribution in [1.82, 2.24) is 10.1 Å². The lowest BCUT2D eigenvalue weighted by atomic mass is 10.2. The van der Waals surface area contributed by atoms with Crippen molar-refractivity contribution in [3.8, 4) is 6.07 Å². The topological polar surface area (TPSA) is 138 Å². The minimum Gasteiger partial charge on any atom is -0.337 e. The largest absolute Gasteiger partial charge is 0.337 e. The molecule has 170 valence electrons. The van der Waals surface area contributed by atoms with Crippen LogP contribution in [-0.4, -0.2) is 30.2 Å². The number of benzene rings is 1. The van der Waals surface area contributed by atoms with Gasteiger partial charge in [0.15, 0.2) is 0 Å². The summed E-state index contributed by atoms with van der Waals surface area (Å²) >= 11 is 1.21. The highest BCUT2D eigenvalue weighted by molar-refractivity contribution is 8.00. The molecule has 2 aromatic heterocycles. The molecule has 0 aliphatic heterocycles. The Labute approximate surface area is 195 Å². The number of nitrogens with zero attached hydrogens (tertiary/aromatic N) is 3. The van der Waals surface area contributed by atoms with Gasteiger partial charge in [-0.1, -0.05) is 16.9 Å². The van der Waals surface area contributed by atoms with Crippen molar-refractivity contribution >= 4 is 39.3 Å². The predicted octanol–water partition coefficient (Wildman–Crippen LogP) is 3.58. The van der Waals surface area contributed by atoms with Crippen LogP contribution < -0.4 is 10.0 Å². The van der Waals surface area contributed by atoms with Crippen LogP contribution in [0.3, 0.4) is 0 Å². The molecule has 0 fully saturated rings. The summed E-state index contributed by atoms with van der Waals surface area (Å²) < 4.78 is 32.5. The van der Waals surface area contributed by atoms with Crippen molar-refractivity contribution in [2.45, 2.75) is 43.0 Å². The summed E-state index contributed by atoms with van der Waals surface area (Å²) in [6.45, 7) is 3.42. The molecule has 0 saturated carbocycles. The van der Waals surface area contributed by atoms with Gasteiger partial charge in [0.25, 0.3) is 10.0 Å². The van der Waals surface area contributed by atoms with E-state index >= 15 is 0 Å². The number of aryl methyl sites for hydroxylation is 3. The lowest BCUT2D eigenvalue weighted by Gasteiger charge is -2.09. The monoisotopic (exact) mass is 483 g/mol. The van der Waals surface area contributed by atoms with E-state index in [0.717, 1.165) is 30.5 Å². The Balaban J connectivity index is 1.38. The van der Waals surface area contributed by atoms with Gasteiger partial charge < -0.3 is 9.84 Å². The van der Waals surface area contributed by atoms with Crippen molar-refractivity contribution in [2.75, 3.05) is 15.8 Å². The molecule has 9 nitrogen and oxygen atoms in total. The predicted molar refractivity (Wildman–Crippen MR) is 124 cm³/mol. The average molecular weight is 484 g/mol. The van der Waals surface area contributed by atoms with Crippen molar-refractivity contribution in [2.24, 2.45) is 0 Å². The number of nitriles is 1. The SMILES string of the molecule is Cc1noc(NS(=O)(=O)c2ccc(NC(=O)CSc3nc4c(cc3C#N)CCC4)cc2)c1C. The van der Waals surface area contributed by atoms with Crippen LogP contribution in [-0.2, 0) is 27.7 Å². The molecule has 2 N–H and O–H groups in total. The van der Waals surface area contributed by atoms with Crippen LogP contribution in [0, 0.1) is 25.2 Å². The summed E-state index contributed by atoms with van der Waals surface area (Å²) in [6, 6.07) is 9.80. The van der Waals surface area contributed by atoms with E-state index in [4.69, 9.17) is 4.52 Å². The van der Waals surface area contributed by atoms with Crippen LogP contribution in [0.5, 0.6) is 0 Å². The Bertz CT molecular complexity index is 1360. The molecule has 4 rings (SSSR count). The first-order valence-corrected chi connectivity index (χ1v) is 12.6. The van der Waals surface area contributed by atoms with Crippen LogP contribution >= 0.6 is 11.8 Å². The molecular weight excluding hydrogens is 462 g/mol. The van der Waals surface area contributed by atoms with Crippen molar-refractivity contribution in [1.29, 1.82) is 5.26 Å². The van der Waals surface area contributed by atoms with E-state index in [1.165, 1.54) is 36.0 Å². The number of nitrogens with one attached hydrogen (secondary N) is 2. The molecule has 1 aromatic carbocycles. The minimum atomic E-state index is -3.87. The van der Waals surface area contributed by atoms with Crippen LogP contribution in [0.15, 0.2) is 44.8 Å². The number of carbonyl (C=O) groups is 1. The molecule has 3 aromatic rings. The number of rotatable bonds is 7. The Hall–Kier alpha value is -3.36. The summed E-state index contributed by atoms with van der Waals surface area (Å²) in [5.74, 6) is -0.141. The zero-order valence-corrected chi connectivity index (χ0v) is 19.6. The third kappa shape index (κ3) is 5.02. The molecule has 0 unspecified atom stereocenters. The number of pyridine rings is 1. The lowest BCUT2D eigenvalue weighted by Crippen LogP contribution is -2.15. The normalized spacial score (nSPS) is 12.8. The van der Waals surface area contributed by atoms with E-state index in [9.17, 15) is 18.5 Å². The maximum absolute atomic E-state index is 12.6. The van der Waals surface area contributed by atoms with E-state index in [0.29, 0.717) is 27.5 Å². The maximum atomic E-state index is 12.6. The van der Waals surface area contributed by atoms with Gasteiger partial charge in [-0.3, -0.25) is 4.79 Å². The highest BCUT2D eigenvalue weighted by Crippen LogP contribution is 2.28. The summed E-state index contributed by atoms with van der Waals surface area (Å²) in [6.07, 6.45) is 2.85. The number of hydrogen-bond acceptors (Lipinski definition) is 8. The van der Waals surface area contributed by atoms with Gasteiger partial charge in [0.2, 0.25) is 11.8 Å². The fourth-order valence-electron chi connectivity index (χ4n) is 3.38. The number of thioether (sulfide) groups is 1. The summed E-state index contributed by atoms with van der Waals surface area (Å²) in [5, 5.41) is 16.4. The molecule has 0 saturated heterocycles. The minimum absolute atomic E-state index is 0.0179. The molecule has 0 radical (unpaired) electrons. The van der Waals surface area contributed by atoms with E-state index in [-0.39, 0.29) is 22.4 Å². The Kier molecular flexibility index (Phi) is 6.40. The van der Waals surface area contributed by atoms with Crippen molar-refractivity contribution < 1.29 is 17.7 Å². The van der Waals surface area contributed by atoms with Gasteiger partial charge in [-0.05, 0) is 69.0 Å². The van der Waals surface area contributed by atoms with Crippen LogP contribution in [0.1, 0.15) is 34.5 Å². The molecule has 0 bridgehead atoms. The van der Waals surface area contributed by atoms with Crippen LogP contribution in [0.25, 0.3) is 0 Å². The molecule has 11 heteroatoms. The van der Waals surface area contributed by atoms with E-state index < -0.39 is 10.0 Å².